The maximum Gasteiger partial charge on any atom is 0.224 e. The summed E-state index contributed by atoms with van der Waals surface area (Å²) in [5.41, 5.74) is 4.99. The minimum absolute atomic E-state index is 0.113. The number of hydrogen-bond acceptors (Lipinski definition) is 6. The van der Waals surface area contributed by atoms with Gasteiger partial charge in [-0.2, -0.15) is 11.8 Å². The van der Waals surface area contributed by atoms with Gasteiger partial charge < -0.3 is 20.5 Å². The van der Waals surface area contributed by atoms with E-state index in [2.05, 4.69) is 26.1 Å². The maximum atomic E-state index is 12.4. The zero-order valence-electron chi connectivity index (χ0n) is 21.3. The van der Waals surface area contributed by atoms with Gasteiger partial charge in [-0.1, -0.05) is 48.5 Å². The monoisotopic (exact) mass is 460 g/mol. The Hall–Kier alpha value is -0.630. The second-order valence-electron chi connectivity index (χ2n) is 10.3. The highest BCUT2D eigenvalue weighted by atomic mass is 32.2. The number of Topliss-reactive ketones (excluding diaryl/α,β-unsaturated/α-hetero) is 1. The minimum atomic E-state index is -0.988. The van der Waals surface area contributed by atoms with Gasteiger partial charge in [-0.15, -0.1) is 0 Å². The van der Waals surface area contributed by atoms with Gasteiger partial charge in [0.15, 0.2) is 0 Å². The summed E-state index contributed by atoms with van der Waals surface area (Å²) in [6.07, 6.45) is 3.09. The molecule has 0 aliphatic carbocycles. The van der Waals surface area contributed by atoms with Crippen LogP contribution >= 0.6 is 11.8 Å². The summed E-state index contributed by atoms with van der Waals surface area (Å²) in [6.45, 7) is 18.5. The topological polar surface area (TPSA) is 90.7 Å². The molecule has 0 aromatic rings. The zero-order valence-corrected chi connectivity index (χ0v) is 22.1. The first-order chi connectivity index (χ1) is 14.2. The number of ketones is 1. The standard InChI is InChI=1S/C24H48N2O4S/c1-9-11-20(27)14-19(3)16-29-18-22(4,5)17-26-21(28)15-24(8,25)30-13-12-23(6,7)31-10-2/h19H,9-18,25H2,1-8H3,(H,26,28). The smallest absolute Gasteiger partial charge is 0.224 e. The number of nitrogens with one attached hydrogen (secondary N) is 1. The highest BCUT2D eigenvalue weighted by Gasteiger charge is 2.27. The molecule has 0 aromatic carbocycles. The average molecular weight is 461 g/mol. The molecular formula is C24H48N2O4S. The van der Waals surface area contributed by atoms with Crippen molar-refractivity contribution in [2.75, 3.05) is 32.1 Å². The first kappa shape index (κ1) is 30.4. The summed E-state index contributed by atoms with van der Waals surface area (Å²) in [6, 6.07) is 0. The second-order valence-corrected chi connectivity index (χ2v) is 12.3. The van der Waals surface area contributed by atoms with E-state index < -0.39 is 5.72 Å². The van der Waals surface area contributed by atoms with E-state index >= 15 is 0 Å². The minimum Gasteiger partial charge on any atom is -0.381 e. The van der Waals surface area contributed by atoms with Gasteiger partial charge in [0.25, 0.3) is 0 Å². The van der Waals surface area contributed by atoms with Crippen molar-refractivity contribution in [1.82, 2.24) is 5.32 Å². The lowest BCUT2D eigenvalue weighted by Crippen LogP contribution is -2.46. The number of thioether (sulfide) groups is 1. The Morgan fingerprint density at radius 1 is 1.13 bits per heavy atom. The van der Waals surface area contributed by atoms with E-state index in [1.54, 1.807) is 6.92 Å². The molecule has 2 unspecified atom stereocenters. The van der Waals surface area contributed by atoms with Crippen LogP contribution in [0.4, 0.5) is 0 Å². The molecule has 0 aromatic heterocycles. The number of amides is 1. The van der Waals surface area contributed by atoms with Gasteiger partial charge in [-0.25, -0.2) is 0 Å². The third kappa shape index (κ3) is 16.6. The van der Waals surface area contributed by atoms with E-state index in [9.17, 15) is 9.59 Å². The van der Waals surface area contributed by atoms with Crippen molar-refractivity contribution in [2.24, 2.45) is 17.1 Å². The molecule has 0 rings (SSSR count). The molecule has 1 amide bonds. The quantitative estimate of drug-likeness (QED) is 0.292. The third-order valence-electron chi connectivity index (χ3n) is 4.95. The van der Waals surface area contributed by atoms with Gasteiger partial charge in [0.05, 0.1) is 19.6 Å². The number of rotatable bonds is 18. The fourth-order valence-electron chi connectivity index (χ4n) is 3.18. The van der Waals surface area contributed by atoms with Crippen molar-refractivity contribution in [2.45, 2.75) is 98.0 Å². The van der Waals surface area contributed by atoms with E-state index in [1.807, 2.05) is 39.5 Å². The molecule has 0 heterocycles. The Morgan fingerprint density at radius 3 is 2.35 bits per heavy atom. The molecule has 0 aliphatic heterocycles. The van der Waals surface area contributed by atoms with Crippen LogP contribution in [0.25, 0.3) is 0 Å². The molecule has 0 radical (unpaired) electrons. The van der Waals surface area contributed by atoms with E-state index in [-0.39, 0.29) is 28.4 Å². The molecule has 0 saturated heterocycles. The second kappa shape index (κ2) is 14.5. The van der Waals surface area contributed by atoms with Crippen LogP contribution in [0.3, 0.4) is 0 Å². The summed E-state index contributed by atoms with van der Waals surface area (Å²) >= 11 is 1.89. The van der Waals surface area contributed by atoms with E-state index in [4.69, 9.17) is 15.2 Å². The van der Waals surface area contributed by atoms with Crippen molar-refractivity contribution < 1.29 is 19.1 Å². The highest BCUT2D eigenvalue weighted by molar-refractivity contribution is 8.00. The molecule has 0 saturated carbocycles. The number of hydrogen-bond donors (Lipinski definition) is 2. The molecule has 184 valence electrons. The lowest BCUT2D eigenvalue weighted by molar-refractivity contribution is -0.129. The van der Waals surface area contributed by atoms with Crippen molar-refractivity contribution in [1.29, 1.82) is 0 Å². The number of ether oxygens (including phenoxy) is 2. The lowest BCUT2D eigenvalue weighted by atomic mass is 9.94. The Labute approximate surface area is 195 Å². The van der Waals surface area contributed by atoms with Crippen LogP contribution in [0.15, 0.2) is 0 Å². The van der Waals surface area contributed by atoms with E-state index in [0.29, 0.717) is 45.0 Å². The van der Waals surface area contributed by atoms with Gasteiger partial charge in [0.1, 0.15) is 11.5 Å². The van der Waals surface area contributed by atoms with Crippen molar-refractivity contribution >= 4 is 23.5 Å². The molecular weight excluding hydrogens is 412 g/mol. The van der Waals surface area contributed by atoms with Crippen molar-refractivity contribution in [3.63, 3.8) is 0 Å². The molecule has 7 heteroatoms. The molecule has 0 fully saturated rings. The van der Waals surface area contributed by atoms with E-state index in [0.717, 1.165) is 18.6 Å². The summed E-state index contributed by atoms with van der Waals surface area (Å²) in [5.74, 6) is 1.44. The fourth-order valence-corrected chi connectivity index (χ4v) is 4.19. The van der Waals surface area contributed by atoms with Crippen LogP contribution in [0.2, 0.25) is 0 Å². The first-order valence-corrected chi connectivity index (χ1v) is 12.6. The van der Waals surface area contributed by atoms with Crippen LogP contribution in [-0.4, -0.2) is 54.3 Å². The molecule has 0 aliphatic rings. The van der Waals surface area contributed by atoms with Crippen LogP contribution in [-0.2, 0) is 19.1 Å². The number of nitrogens with two attached hydrogens (primary N) is 1. The van der Waals surface area contributed by atoms with Gasteiger partial charge in [0, 0.05) is 36.2 Å². The maximum absolute atomic E-state index is 12.4. The summed E-state index contributed by atoms with van der Waals surface area (Å²) in [5, 5.41) is 2.96. The average Bonchev–Trinajstić information content (AvgIpc) is 2.59. The Morgan fingerprint density at radius 2 is 1.77 bits per heavy atom. The molecule has 31 heavy (non-hydrogen) atoms. The summed E-state index contributed by atoms with van der Waals surface area (Å²) in [4.78, 5) is 24.1. The first-order valence-electron chi connectivity index (χ1n) is 11.6. The molecule has 0 spiro atoms. The van der Waals surface area contributed by atoms with Crippen molar-refractivity contribution in [3.05, 3.63) is 0 Å². The highest BCUT2D eigenvalue weighted by Crippen LogP contribution is 2.28. The Bertz CT molecular complexity index is 536. The molecule has 3 N–H and O–H groups in total. The number of carbonyl (C=O) groups excluding carboxylic acids is 2. The van der Waals surface area contributed by atoms with Gasteiger partial charge in [-0.3, -0.25) is 9.59 Å². The SMILES string of the molecule is CCCC(=O)CC(C)COCC(C)(C)CNC(=O)CC(C)(N)OCCC(C)(C)SCC. The summed E-state index contributed by atoms with van der Waals surface area (Å²) in [7, 11) is 0. The predicted molar refractivity (Wildman–Crippen MR) is 131 cm³/mol. The van der Waals surface area contributed by atoms with Gasteiger partial charge in [-0.05, 0) is 31.4 Å². The van der Waals surface area contributed by atoms with Gasteiger partial charge >= 0.3 is 0 Å². The van der Waals surface area contributed by atoms with Crippen LogP contribution < -0.4 is 11.1 Å². The predicted octanol–water partition coefficient (Wildman–Crippen LogP) is 4.54. The normalized spacial score (nSPS) is 15.4. The van der Waals surface area contributed by atoms with Crippen LogP contribution in [0, 0.1) is 11.3 Å². The van der Waals surface area contributed by atoms with Gasteiger partial charge in [0.2, 0.25) is 5.91 Å². The largest absolute Gasteiger partial charge is 0.381 e. The molecule has 2 atom stereocenters. The molecule has 6 nitrogen and oxygen atoms in total. The molecule has 0 bridgehead atoms. The van der Waals surface area contributed by atoms with Crippen molar-refractivity contribution in [3.8, 4) is 0 Å². The number of carbonyl (C=O) groups is 2. The Balaban J connectivity index is 4.22. The Kier molecular flexibility index (Phi) is 14.2. The van der Waals surface area contributed by atoms with Crippen LogP contribution in [0.1, 0.15) is 87.5 Å². The van der Waals surface area contributed by atoms with Crippen LogP contribution in [0.5, 0.6) is 0 Å². The summed E-state index contributed by atoms with van der Waals surface area (Å²) < 4.78 is 11.8. The third-order valence-corrected chi connectivity index (χ3v) is 6.22. The zero-order chi connectivity index (χ0) is 24.1. The fraction of sp³-hybridized carbons (Fsp3) is 0.917. The lowest BCUT2D eigenvalue weighted by Gasteiger charge is -2.29. The van der Waals surface area contributed by atoms with E-state index in [1.165, 1.54) is 0 Å².